The molecule has 0 radical (unpaired) electrons. The van der Waals surface area contributed by atoms with Gasteiger partial charge in [0.05, 0.1) is 25.3 Å². The van der Waals surface area contributed by atoms with Crippen LogP contribution >= 0.6 is 11.6 Å². The van der Waals surface area contributed by atoms with Gasteiger partial charge in [-0.05, 0) is 13.0 Å². The summed E-state index contributed by atoms with van der Waals surface area (Å²) in [7, 11) is 2.66. The van der Waals surface area contributed by atoms with Crippen molar-refractivity contribution in [2.75, 3.05) is 38.7 Å². The topological polar surface area (TPSA) is 96.9 Å². The monoisotopic (exact) mass is 456 g/mol. The summed E-state index contributed by atoms with van der Waals surface area (Å²) in [6.45, 7) is 1.65. The number of methoxy groups -OCH3 is 1. The molecule has 0 saturated heterocycles. The maximum absolute atomic E-state index is 14.8. The lowest BCUT2D eigenvalue weighted by atomic mass is 9.96. The average Bonchev–Trinajstić information content (AvgIpc) is 2.80. The predicted molar refractivity (Wildman–Crippen MR) is 109 cm³/mol. The van der Waals surface area contributed by atoms with Crippen molar-refractivity contribution in [3.63, 3.8) is 0 Å². The van der Waals surface area contributed by atoms with Gasteiger partial charge in [0.25, 0.3) is 5.88 Å². The predicted octanol–water partition coefficient (Wildman–Crippen LogP) is 2.24. The molecule has 8 nitrogen and oxygen atoms in total. The molecule has 0 bridgehead atoms. The fourth-order valence-corrected chi connectivity index (χ4v) is 3.32. The zero-order valence-corrected chi connectivity index (χ0v) is 17.8. The summed E-state index contributed by atoms with van der Waals surface area (Å²) in [5, 5.41) is -0.725. The molecule has 12 heteroatoms. The lowest BCUT2D eigenvalue weighted by molar-refractivity contribution is -0.127. The third-order valence-corrected chi connectivity index (χ3v) is 5.26. The van der Waals surface area contributed by atoms with Crippen LogP contribution in [-0.2, 0) is 4.79 Å². The number of guanidine groups is 1. The standard InChI is InChI=1S/C19H20ClF3N6O2/c1-9-14(22)16(31-3)27-19(26-9)29-7-6-25-18(24)28(2)17(30)11(8-29)10-4-5-12(21)13(20)15(10)23/h4-5,11H,6-8H2,1-3H3,(H2,24,25)/t11-/m1/s1. The summed E-state index contributed by atoms with van der Waals surface area (Å²) in [6, 6.07) is 2.12. The molecule has 2 aromatic rings. The van der Waals surface area contributed by atoms with E-state index in [4.69, 9.17) is 22.1 Å². The second-order valence-electron chi connectivity index (χ2n) is 6.83. The van der Waals surface area contributed by atoms with Crippen LogP contribution in [0.25, 0.3) is 0 Å². The molecule has 2 N–H and O–H groups in total. The first-order valence-electron chi connectivity index (χ1n) is 9.19. The first kappa shape index (κ1) is 22.6. The number of aliphatic imine (C=N–C) groups is 1. The Morgan fingerprint density at radius 3 is 2.61 bits per heavy atom. The summed E-state index contributed by atoms with van der Waals surface area (Å²) in [4.78, 5) is 28.1. The van der Waals surface area contributed by atoms with Gasteiger partial charge in [-0.3, -0.25) is 14.7 Å². The average molecular weight is 457 g/mol. The normalized spacial score (nSPS) is 17.7. The highest BCUT2D eigenvalue weighted by Crippen LogP contribution is 2.31. The van der Waals surface area contributed by atoms with Crippen LogP contribution in [0.5, 0.6) is 5.88 Å². The van der Waals surface area contributed by atoms with Gasteiger partial charge >= 0.3 is 0 Å². The van der Waals surface area contributed by atoms with E-state index >= 15 is 0 Å². The Morgan fingerprint density at radius 1 is 1.23 bits per heavy atom. The molecule has 1 aromatic heterocycles. The fourth-order valence-electron chi connectivity index (χ4n) is 3.15. The van der Waals surface area contributed by atoms with Gasteiger partial charge in [0.15, 0.2) is 5.96 Å². The van der Waals surface area contributed by atoms with Gasteiger partial charge in [-0.15, -0.1) is 0 Å². The SMILES string of the molecule is COc1nc(N2CCN=C(N)N(C)C(=O)[C@@H](c3ccc(F)c(Cl)c3F)C2)nc(C)c1F. The number of rotatable bonds is 3. The quantitative estimate of drug-likeness (QED) is 0.711. The second-order valence-corrected chi connectivity index (χ2v) is 7.21. The Balaban J connectivity index is 2.12. The Labute approximate surface area is 181 Å². The number of carbonyl (C=O) groups is 1. The minimum atomic E-state index is -1.16. The van der Waals surface area contributed by atoms with E-state index in [0.29, 0.717) is 0 Å². The molecule has 0 saturated carbocycles. The zero-order valence-electron chi connectivity index (χ0n) is 17.0. The second kappa shape index (κ2) is 8.96. The van der Waals surface area contributed by atoms with E-state index in [1.807, 2.05) is 0 Å². The maximum Gasteiger partial charge on any atom is 0.255 e. The van der Waals surface area contributed by atoms with Gasteiger partial charge in [-0.1, -0.05) is 17.7 Å². The number of nitrogens with two attached hydrogens (primary N) is 1. The first-order chi connectivity index (χ1) is 14.6. The third-order valence-electron chi connectivity index (χ3n) is 4.91. The van der Waals surface area contributed by atoms with Crippen LogP contribution in [-0.4, -0.2) is 60.5 Å². The highest BCUT2D eigenvalue weighted by molar-refractivity contribution is 6.31. The fraction of sp³-hybridized carbons (Fsp3) is 0.368. The molecule has 1 amide bonds. The van der Waals surface area contributed by atoms with Crippen molar-refractivity contribution < 1.29 is 22.7 Å². The molecule has 31 heavy (non-hydrogen) atoms. The summed E-state index contributed by atoms with van der Waals surface area (Å²) < 4.78 is 47.6. The smallest absolute Gasteiger partial charge is 0.255 e. The van der Waals surface area contributed by atoms with Crippen LogP contribution in [0.3, 0.4) is 0 Å². The summed E-state index contributed by atoms with van der Waals surface area (Å²) >= 11 is 5.73. The molecular weight excluding hydrogens is 437 g/mol. The number of amides is 1. The highest BCUT2D eigenvalue weighted by Gasteiger charge is 2.33. The van der Waals surface area contributed by atoms with E-state index in [1.54, 1.807) is 0 Å². The number of hydrogen-bond acceptors (Lipinski definition) is 7. The molecule has 3 rings (SSSR count). The van der Waals surface area contributed by atoms with Gasteiger partial charge in [-0.2, -0.15) is 9.37 Å². The lowest BCUT2D eigenvalue weighted by Gasteiger charge is -2.28. The van der Waals surface area contributed by atoms with Gasteiger partial charge in [0, 0.05) is 25.7 Å². The zero-order chi connectivity index (χ0) is 22.9. The van der Waals surface area contributed by atoms with Crippen molar-refractivity contribution in [2.45, 2.75) is 12.8 Å². The Kier molecular flexibility index (Phi) is 6.54. The van der Waals surface area contributed by atoms with Crippen molar-refractivity contribution in [1.82, 2.24) is 14.9 Å². The number of carbonyl (C=O) groups excluding carboxylic acids is 1. The lowest BCUT2D eigenvalue weighted by Crippen LogP contribution is -2.43. The van der Waals surface area contributed by atoms with Gasteiger partial charge in [0.1, 0.15) is 16.7 Å². The van der Waals surface area contributed by atoms with Crippen LogP contribution in [0.2, 0.25) is 5.02 Å². The number of anilines is 1. The number of halogens is 4. The summed E-state index contributed by atoms with van der Waals surface area (Å²) in [5.74, 6) is -4.78. The van der Waals surface area contributed by atoms with Crippen LogP contribution in [0.15, 0.2) is 17.1 Å². The molecular formula is C19H20ClF3N6O2. The molecule has 0 aliphatic carbocycles. The first-order valence-corrected chi connectivity index (χ1v) is 9.57. The van der Waals surface area contributed by atoms with Crippen molar-refractivity contribution in [2.24, 2.45) is 10.7 Å². The Morgan fingerprint density at radius 2 is 1.94 bits per heavy atom. The maximum atomic E-state index is 14.8. The number of benzene rings is 1. The minimum Gasteiger partial charge on any atom is -0.479 e. The van der Waals surface area contributed by atoms with Gasteiger partial charge in [-0.25, -0.2) is 13.8 Å². The molecule has 0 fully saturated rings. The number of likely N-dealkylation sites (N-methyl/N-ethyl adjacent to an activating group) is 1. The van der Waals surface area contributed by atoms with E-state index in [-0.39, 0.29) is 48.7 Å². The molecule has 1 aromatic carbocycles. The van der Waals surface area contributed by atoms with Crippen molar-refractivity contribution in [3.8, 4) is 5.88 Å². The van der Waals surface area contributed by atoms with Gasteiger partial charge < -0.3 is 15.4 Å². The van der Waals surface area contributed by atoms with Gasteiger partial charge in [0.2, 0.25) is 17.7 Å². The van der Waals surface area contributed by atoms with E-state index in [2.05, 4.69) is 15.0 Å². The van der Waals surface area contributed by atoms with E-state index in [1.165, 1.54) is 26.0 Å². The Bertz CT molecular complexity index is 1050. The number of ether oxygens (including phenoxy) is 1. The molecule has 1 aliphatic rings. The van der Waals surface area contributed by atoms with Crippen molar-refractivity contribution >= 4 is 29.4 Å². The summed E-state index contributed by atoms with van der Waals surface area (Å²) in [5.41, 5.74) is 5.77. The highest BCUT2D eigenvalue weighted by atomic mass is 35.5. The van der Waals surface area contributed by atoms with E-state index < -0.39 is 34.3 Å². The van der Waals surface area contributed by atoms with Crippen LogP contribution in [0.4, 0.5) is 19.1 Å². The van der Waals surface area contributed by atoms with Crippen molar-refractivity contribution in [3.05, 3.63) is 45.9 Å². The van der Waals surface area contributed by atoms with Crippen LogP contribution < -0.4 is 15.4 Å². The number of aryl methyl sites for hydroxylation is 1. The Hall–Kier alpha value is -3.08. The van der Waals surface area contributed by atoms with Crippen LogP contribution in [0, 0.1) is 24.4 Å². The minimum absolute atomic E-state index is 0.0285. The number of aromatic nitrogens is 2. The summed E-state index contributed by atoms with van der Waals surface area (Å²) in [6.07, 6.45) is 0. The van der Waals surface area contributed by atoms with Crippen molar-refractivity contribution in [1.29, 1.82) is 0 Å². The van der Waals surface area contributed by atoms with Crippen LogP contribution in [0.1, 0.15) is 17.2 Å². The largest absolute Gasteiger partial charge is 0.479 e. The number of hydrogen-bond donors (Lipinski definition) is 1. The molecule has 2 heterocycles. The third kappa shape index (κ3) is 4.36. The molecule has 0 spiro atoms. The molecule has 1 atom stereocenters. The molecule has 166 valence electrons. The number of nitrogens with zero attached hydrogens (tertiary/aromatic N) is 5. The van der Waals surface area contributed by atoms with E-state index in [0.717, 1.165) is 17.0 Å². The van der Waals surface area contributed by atoms with E-state index in [9.17, 15) is 18.0 Å². The molecule has 0 unspecified atom stereocenters. The molecule has 1 aliphatic heterocycles.